The smallest absolute Gasteiger partial charge is 0.305 e. The molecule has 1 amide bonds. The summed E-state index contributed by atoms with van der Waals surface area (Å²) >= 11 is 0. The minimum atomic E-state index is -0.856. The number of ether oxygens (including phenoxy) is 1. The molecule has 0 aromatic carbocycles. The number of rotatable bonds is 57. The number of hydrogen-bond donors (Lipinski definition) is 3. The Morgan fingerprint density at radius 3 is 1.03 bits per heavy atom. The van der Waals surface area contributed by atoms with Gasteiger partial charge in [0.15, 0.2) is 0 Å². The Morgan fingerprint density at radius 1 is 0.391 bits per heavy atom. The molecule has 0 saturated carbocycles. The molecule has 0 aromatic heterocycles. The van der Waals surface area contributed by atoms with E-state index in [1.165, 1.54) is 238 Å². The molecule has 0 spiro atoms. The van der Waals surface area contributed by atoms with Gasteiger partial charge in [-0.05, 0) is 83.5 Å². The third kappa shape index (κ3) is 55.2. The fourth-order valence-corrected chi connectivity index (χ4v) is 9.39. The summed E-state index contributed by atoms with van der Waals surface area (Å²) in [6, 6.07) is -0.641. The van der Waals surface area contributed by atoms with Crippen LogP contribution in [0.2, 0.25) is 0 Å². The second-order valence-corrected chi connectivity index (χ2v) is 21.0. The molecule has 0 radical (unpaired) electrons. The van der Waals surface area contributed by atoms with Gasteiger partial charge in [-0.2, -0.15) is 0 Å². The third-order valence-corrected chi connectivity index (χ3v) is 14.1. The number of carbonyl (C=O) groups excluding carboxylic acids is 2. The predicted molar refractivity (Wildman–Crippen MR) is 301 cm³/mol. The maximum Gasteiger partial charge on any atom is 0.305 e. The second-order valence-electron chi connectivity index (χ2n) is 21.0. The molecule has 0 aliphatic heterocycles. The van der Waals surface area contributed by atoms with Crippen LogP contribution in [0.3, 0.4) is 0 Å². The van der Waals surface area contributed by atoms with E-state index < -0.39 is 12.1 Å². The Bertz CT molecular complexity index is 1120. The van der Waals surface area contributed by atoms with E-state index in [4.69, 9.17) is 4.74 Å². The van der Waals surface area contributed by atoms with Crippen LogP contribution in [-0.4, -0.2) is 47.4 Å². The highest BCUT2D eigenvalue weighted by molar-refractivity contribution is 5.76. The van der Waals surface area contributed by atoms with Gasteiger partial charge in [0.1, 0.15) is 0 Å². The van der Waals surface area contributed by atoms with Crippen LogP contribution < -0.4 is 5.32 Å². The van der Waals surface area contributed by atoms with E-state index in [1.807, 2.05) is 6.08 Å². The number of aliphatic hydroxyl groups is 2. The highest BCUT2D eigenvalue weighted by atomic mass is 16.5. The van der Waals surface area contributed by atoms with Gasteiger partial charge in [-0.15, -0.1) is 0 Å². The Hall–Kier alpha value is -1.92. The number of amides is 1. The van der Waals surface area contributed by atoms with E-state index in [9.17, 15) is 19.8 Å². The SMILES string of the molecule is CCCCCCCC/C=C\CCCCCCCCCC(=O)OCCCCCCCCC/C=C\CCCCCCCC(=O)NC(CO)C(O)/C=C/CCCCCCCCCCCCCCCCCCC. The van der Waals surface area contributed by atoms with Gasteiger partial charge < -0.3 is 20.3 Å². The summed E-state index contributed by atoms with van der Waals surface area (Å²) in [4.78, 5) is 24.6. The van der Waals surface area contributed by atoms with E-state index >= 15 is 0 Å². The van der Waals surface area contributed by atoms with Crippen molar-refractivity contribution in [3.63, 3.8) is 0 Å². The lowest BCUT2D eigenvalue weighted by molar-refractivity contribution is -0.143. The molecule has 2 unspecified atom stereocenters. The monoisotopic (exact) mass is 970 g/mol. The lowest BCUT2D eigenvalue weighted by atomic mass is 10.0. The summed E-state index contributed by atoms with van der Waals surface area (Å²) in [5, 5.41) is 23.2. The van der Waals surface area contributed by atoms with Crippen LogP contribution in [0.1, 0.15) is 328 Å². The number of nitrogens with one attached hydrogen (secondary N) is 1. The zero-order chi connectivity index (χ0) is 50.0. The van der Waals surface area contributed by atoms with Crippen molar-refractivity contribution >= 4 is 11.9 Å². The molecule has 0 fully saturated rings. The fraction of sp³-hybridized carbons (Fsp3) is 0.873. The topological polar surface area (TPSA) is 95.9 Å². The van der Waals surface area contributed by atoms with Gasteiger partial charge >= 0.3 is 5.97 Å². The first-order valence-electron chi connectivity index (χ1n) is 30.8. The van der Waals surface area contributed by atoms with Crippen LogP contribution in [0.4, 0.5) is 0 Å². The molecule has 0 saturated heterocycles. The largest absolute Gasteiger partial charge is 0.466 e. The summed E-state index contributed by atoms with van der Waals surface area (Å²) in [7, 11) is 0. The number of carbonyl (C=O) groups is 2. The Kier molecular flexibility index (Phi) is 57.0. The predicted octanol–water partition coefficient (Wildman–Crippen LogP) is 19.2. The first kappa shape index (κ1) is 67.1. The van der Waals surface area contributed by atoms with Crippen LogP contribution in [0.5, 0.6) is 0 Å². The van der Waals surface area contributed by atoms with Crippen LogP contribution >= 0.6 is 0 Å². The zero-order valence-corrected chi connectivity index (χ0v) is 46.3. The fourth-order valence-electron chi connectivity index (χ4n) is 9.39. The minimum Gasteiger partial charge on any atom is -0.466 e. The summed E-state index contributed by atoms with van der Waals surface area (Å²) in [6.07, 6.45) is 73.1. The van der Waals surface area contributed by atoms with Crippen molar-refractivity contribution in [2.24, 2.45) is 0 Å². The molecule has 0 heterocycles. The van der Waals surface area contributed by atoms with E-state index in [0.717, 1.165) is 64.2 Å². The van der Waals surface area contributed by atoms with Gasteiger partial charge in [-0.1, -0.05) is 269 Å². The number of hydrogen-bond acceptors (Lipinski definition) is 5. The molecule has 0 aliphatic rings. The van der Waals surface area contributed by atoms with Crippen LogP contribution in [0.15, 0.2) is 36.5 Å². The second kappa shape index (κ2) is 58.6. The van der Waals surface area contributed by atoms with Crippen LogP contribution in [-0.2, 0) is 14.3 Å². The van der Waals surface area contributed by atoms with Gasteiger partial charge in [0.2, 0.25) is 5.91 Å². The van der Waals surface area contributed by atoms with Crippen molar-refractivity contribution in [1.29, 1.82) is 0 Å². The maximum atomic E-state index is 12.5. The molecule has 0 aliphatic carbocycles. The molecular formula is C63H119NO5. The van der Waals surface area contributed by atoms with Crippen molar-refractivity contribution in [3.8, 4) is 0 Å². The summed E-state index contributed by atoms with van der Waals surface area (Å²) in [5.74, 6) is -0.0902. The summed E-state index contributed by atoms with van der Waals surface area (Å²) in [5.41, 5.74) is 0. The standard InChI is InChI=1S/C63H119NO5/c1-3-5-7-9-11-13-15-17-19-21-22-24-27-31-35-39-43-47-51-55-61(66)60(59-65)64-62(67)56-52-48-44-40-36-32-28-25-26-30-34-38-42-46-50-54-58-69-63(68)57-53-49-45-41-37-33-29-23-20-18-16-14-12-10-8-6-4-2/h18,20,25,28,51,55,60-61,65-66H,3-17,19,21-24,26-27,29-50,52-54,56-59H2,1-2H3,(H,64,67)/b20-18-,28-25-,55-51+. The number of aliphatic hydroxyl groups excluding tert-OH is 2. The van der Waals surface area contributed by atoms with E-state index in [0.29, 0.717) is 19.4 Å². The molecule has 0 rings (SSSR count). The molecular weight excluding hydrogens is 851 g/mol. The average Bonchev–Trinajstić information content (AvgIpc) is 3.35. The first-order chi connectivity index (χ1) is 34.0. The van der Waals surface area contributed by atoms with Gasteiger partial charge in [0.05, 0.1) is 25.4 Å². The highest BCUT2D eigenvalue weighted by Crippen LogP contribution is 2.17. The van der Waals surface area contributed by atoms with Crippen molar-refractivity contribution < 1.29 is 24.5 Å². The van der Waals surface area contributed by atoms with E-state index in [-0.39, 0.29) is 18.5 Å². The molecule has 6 nitrogen and oxygen atoms in total. The first-order valence-corrected chi connectivity index (χ1v) is 30.8. The summed E-state index contributed by atoms with van der Waals surface area (Å²) in [6.45, 7) is 4.89. The average molecular weight is 971 g/mol. The Morgan fingerprint density at radius 2 is 0.681 bits per heavy atom. The number of allylic oxidation sites excluding steroid dienone is 5. The molecule has 3 N–H and O–H groups in total. The van der Waals surface area contributed by atoms with Crippen molar-refractivity contribution in [2.45, 2.75) is 341 Å². The van der Waals surface area contributed by atoms with Crippen molar-refractivity contribution in [2.75, 3.05) is 13.2 Å². The number of esters is 1. The van der Waals surface area contributed by atoms with Gasteiger partial charge in [0, 0.05) is 12.8 Å². The molecule has 69 heavy (non-hydrogen) atoms. The molecule has 6 heteroatoms. The van der Waals surface area contributed by atoms with E-state index in [2.05, 4.69) is 43.5 Å². The molecule has 0 aromatic rings. The molecule has 2 atom stereocenters. The van der Waals surface area contributed by atoms with E-state index in [1.54, 1.807) is 6.08 Å². The Balaban J connectivity index is 3.49. The quantitative estimate of drug-likeness (QED) is 0.0321. The lowest BCUT2D eigenvalue weighted by Gasteiger charge is -2.20. The van der Waals surface area contributed by atoms with Crippen LogP contribution in [0, 0.1) is 0 Å². The Labute approximate surface area is 430 Å². The maximum absolute atomic E-state index is 12.5. The van der Waals surface area contributed by atoms with Crippen molar-refractivity contribution in [3.05, 3.63) is 36.5 Å². The van der Waals surface area contributed by atoms with Crippen molar-refractivity contribution in [1.82, 2.24) is 5.32 Å². The normalized spacial score (nSPS) is 12.8. The zero-order valence-electron chi connectivity index (χ0n) is 46.3. The van der Waals surface area contributed by atoms with Gasteiger partial charge in [-0.3, -0.25) is 9.59 Å². The number of unbranched alkanes of at least 4 members (excludes halogenated alkanes) is 42. The summed E-state index contributed by atoms with van der Waals surface area (Å²) < 4.78 is 5.48. The molecule has 0 bridgehead atoms. The van der Waals surface area contributed by atoms with Gasteiger partial charge in [0.25, 0.3) is 0 Å². The highest BCUT2D eigenvalue weighted by Gasteiger charge is 2.18. The lowest BCUT2D eigenvalue weighted by Crippen LogP contribution is -2.45. The third-order valence-electron chi connectivity index (χ3n) is 14.1. The minimum absolute atomic E-state index is 0.00699. The van der Waals surface area contributed by atoms with Crippen LogP contribution in [0.25, 0.3) is 0 Å². The van der Waals surface area contributed by atoms with Gasteiger partial charge in [-0.25, -0.2) is 0 Å². The molecule has 406 valence electrons.